The zero-order valence-corrected chi connectivity index (χ0v) is 20.1. The van der Waals surface area contributed by atoms with Gasteiger partial charge in [0.1, 0.15) is 13.1 Å². The minimum Gasteiger partial charge on any atom is -0.678 e. The molecule has 34 heavy (non-hydrogen) atoms. The second-order valence-corrected chi connectivity index (χ2v) is 9.53. The number of piperazine rings is 1. The van der Waals surface area contributed by atoms with Gasteiger partial charge in [-0.15, -0.1) is 5.70 Å². The van der Waals surface area contributed by atoms with Crippen molar-refractivity contribution in [2.24, 2.45) is 4.99 Å². The Labute approximate surface area is 197 Å². The largest absolute Gasteiger partial charge is 0.678 e. The molecule has 4 rings (SSSR count). The van der Waals surface area contributed by atoms with E-state index in [1.165, 1.54) is 12.1 Å². The summed E-state index contributed by atoms with van der Waals surface area (Å²) >= 11 is 0. The molecule has 0 radical (unpaired) electrons. The predicted octanol–water partition coefficient (Wildman–Crippen LogP) is 3.71. The summed E-state index contributed by atoms with van der Waals surface area (Å²) in [4.78, 5) is 9.03. The van der Waals surface area contributed by atoms with Crippen molar-refractivity contribution in [2.45, 2.75) is 52.4 Å². The van der Waals surface area contributed by atoms with Crippen LogP contribution in [0.3, 0.4) is 0 Å². The van der Waals surface area contributed by atoms with Gasteiger partial charge >= 0.3 is 12.0 Å². The van der Waals surface area contributed by atoms with Gasteiger partial charge in [-0.2, -0.15) is 13.2 Å². The molecule has 3 heterocycles. The van der Waals surface area contributed by atoms with Crippen molar-refractivity contribution in [3.05, 3.63) is 63.8 Å². The van der Waals surface area contributed by atoms with Crippen LogP contribution in [0.2, 0.25) is 0 Å². The van der Waals surface area contributed by atoms with Gasteiger partial charge in [0.25, 0.3) is 0 Å². The SMILES string of the molecule is CC1=C(C)C(N2CCN(C3=NC=C(C(C)(C)O)[N-]C3)[C@H](C)C2)=[N+]=C1c1ccc(C(F)(F)F)cc1. The molecule has 9 heteroatoms. The Hall–Kier alpha value is -3.03. The van der Waals surface area contributed by atoms with Crippen LogP contribution in [-0.4, -0.2) is 70.1 Å². The molecule has 1 saturated heterocycles. The van der Waals surface area contributed by atoms with Gasteiger partial charge in [-0.3, -0.25) is 0 Å². The van der Waals surface area contributed by atoms with Crippen LogP contribution in [-0.2, 0) is 6.18 Å². The first kappa shape index (κ1) is 24.1. The lowest BCUT2D eigenvalue weighted by Gasteiger charge is -2.43. The van der Waals surface area contributed by atoms with Crippen LogP contribution in [0.15, 0.2) is 52.3 Å². The van der Waals surface area contributed by atoms with E-state index in [1.54, 1.807) is 20.0 Å². The lowest BCUT2D eigenvalue weighted by molar-refractivity contribution is -0.137. The van der Waals surface area contributed by atoms with E-state index in [-0.39, 0.29) is 6.04 Å². The molecule has 3 aliphatic rings. The third-order valence-corrected chi connectivity index (χ3v) is 6.57. The van der Waals surface area contributed by atoms with Gasteiger partial charge in [0.2, 0.25) is 5.71 Å². The molecule has 3 aliphatic heterocycles. The Bertz CT molecular complexity index is 1130. The number of hydrogen-bond donors (Lipinski definition) is 1. The molecule has 1 N–H and O–H groups in total. The molecule has 0 aromatic heterocycles. The maximum atomic E-state index is 12.9. The first-order chi connectivity index (χ1) is 15.9. The quantitative estimate of drug-likeness (QED) is 0.666. The summed E-state index contributed by atoms with van der Waals surface area (Å²) < 4.78 is 43.6. The van der Waals surface area contributed by atoms with Crippen molar-refractivity contribution in [2.75, 3.05) is 26.2 Å². The summed E-state index contributed by atoms with van der Waals surface area (Å²) in [6, 6.07) is 5.36. The fraction of sp³-hybridized carbons (Fsp3) is 0.480. The summed E-state index contributed by atoms with van der Waals surface area (Å²) in [5.74, 6) is 1.76. The Kier molecular flexibility index (Phi) is 6.12. The number of halogens is 3. The van der Waals surface area contributed by atoms with Crippen molar-refractivity contribution >= 4 is 17.4 Å². The summed E-state index contributed by atoms with van der Waals surface area (Å²) in [5, 5.41) is 14.6. The van der Waals surface area contributed by atoms with Gasteiger partial charge in [0.05, 0.1) is 35.2 Å². The molecule has 1 fully saturated rings. The van der Waals surface area contributed by atoms with Crippen LogP contribution in [0.25, 0.3) is 5.32 Å². The highest BCUT2D eigenvalue weighted by atomic mass is 19.4. The highest BCUT2D eigenvalue weighted by Crippen LogP contribution is 2.30. The fourth-order valence-electron chi connectivity index (χ4n) is 4.45. The highest BCUT2D eigenvalue weighted by molar-refractivity contribution is 6.22. The topological polar surface area (TPSA) is 67.3 Å². The number of hydrogen-bond acceptors (Lipinski definition) is 4. The van der Waals surface area contributed by atoms with E-state index in [9.17, 15) is 18.3 Å². The number of amidine groups is 2. The predicted molar refractivity (Wildman–Crippen MR) is 129 cm³/mol. The van der Waals surface area contributed by atoms with Gasteiger partial charge in [-0.05, 0) is 58.9 Å². The Balaban J connectivity index is 1.53. The van der Waals surface area contributed by atoms with E-state index in [0.29, 0.717) is 17.8 Å². The number of rotatable bonds is 2. The van der Waals surface area contributed by atoms with Crippen molar-refractivity contribution in [3.8, 4) is 0 Å². The number of aliphatic hydroxyl groups is 1. The first-order valence-corrected chi connectivity index (χ1v) is 11.4. The minimum atomic E-state index is -4.36. The number of alkyl halides is 3. The third kappa shape index (κ3) is 4.63. The molecule has 0 bridgehead atoms. The average Bonchev–Trinajstić information content (AvgIpc) is 3.07. The van der Waals surface area contributed by atoms with Crippen LogP contribution < -0.4 is 4.67 Å². The highest BCUT2D eigenvalue weighted by Gasteiger charge is 2.38. The van der Waals surface area contributed by atoms with Crippen molar-refractivity contribution in [3.63, 3.8) is 0 Å². The maximum Gasteiger partial charge on any atom is 0.416 e. The van der Waals surface area contributed by atoms with E-state index >= 15 is 0 Å². The monoisotopic (exact) mass is 473 g/mol. The Morgan fingerprint density at radius 1 is 1.09 bits per heavy atom. The average molecular weight is 474 g/mol. The molecule has 0 aliphatic carbocycles. The zero-order chi connectivity index (χ0) is 24.8. The number of benzene rings is 1. The van der Waals surface area contributed by atoms with E-state index in [1.807, 2.05) is 13.8 Å². The molecule has 1 aromatic carbocycles. The smallest absolute Gasteiger partial charge is 0.416 e. The molecule has 0 unspecified atom stereocenters. The number of nitrogens with zero attached hydrogens (tertiary/aromatic N) is 5. The van der Waals surface area contributed by atoms with Crippen LogP contribution in [0.1, 0.15) is 45.7 Å². The maximum absolute atomic E-state index is 12.9. The molecule has 0 amide bonds. The number of allylic oxidation sites excluding steroid dienone is 1. The molecule has 0 spiro atoms. The summed E-state index contributed by atoms with van der Waals surface area (Å²) in [6.07, 6.45) is -2.72. The van der Waals surface area contributed by atoms with E-state index < -0.39 is 17.3 Å². The summed E-state index contributed by atoms with van der Waals surface area (Å²) in [6.45, 7) is 12.2. The number of aliphatic imine (C=N–C) groups is 1. The Morgan fingerprint density at radius 2 is 1.76 bits per heavy atom. The lowest BCUT2D eigenvalue weighted by Crippen LogP contribution is -2.56. The van der Waals surface area contributed by atoms with Crippen LogP contribution in [0.4, 0.5) is 13.2 Å². The van der Waals surface area contributed by atoms with Crippen molar-refractivity contribution in [1.82, 2.24) is 14.5 Å². The molecule has 1 atom stereocenters. The first-order valence-electron chi connectivity index (χ1n) is 11.4. The molecular weight excluding hydrogens is 443 g/mol. The van der Waals surface area contributed by atoms with E-state index in [0.717, 1.165) is 60.3 Å². The Morgan fingerprint density at radius 3 is 2.29 bits per heavy atom. The summed E-state index contributed by atoms with van der Waals surface area (Å²) in [5.41, 5.74) is 2.32. The van der Waals surface area contributed by atoms with E-state index in [2.05, 4.69) is 27.0 Å². The second-order valence-electron chi connectivity index (χ2n) is 9.53. The summed E-state index contributed by atoms with van der Waals surface area (Å²) in [7, 11) is 0. The van der Waals surface area contributed by atoms with Crippen molar-refractivity contribution < 1.29 is 18.3 Å². The van der Waals surface area contributed by atoms with Gasteiger partial charge in [-0.1, -0.05) is 6.54 Å². The molecular formula is C25H30F3N5O. The van der Waals surface area contributed by atoms with Gasteiger partial charge in [0, 0.05) is 17.3 Å². The minimum absolute atomic E-state index is 0.172. The van der Waals surface area contributed by atoms with Crippen LogP contribution >= 0.6 is 0 Å². The third-order valence-electron chi connectivity index (χ3n) is 6.57. The fourth-order valence-corrected chi connectivity index (χ4v) is 4.45. The van der Waals surface area contributed by atoms with Crippen molar-refractivity contribution in [1.29, 1.82) is 0 Å². The molecule has 6 nitrogen and oxygen atoms in total. The molecule has 1 aromatic rings. The van der Waals surface area contributed by atoms with Crippen LogP contribution in [0.5, 0.6) is 0 Å². The molecule has 0 saturated carbocycles. The lowest BCUT2D eigenvalue weighted by atomic mass is 9.99. The van der Waals surface area contributed by atoms with Gasteiger partial charge in [0.15, 0.2) is 0 Å². The normalized spacial score (nSPS) is 21.7. The van der Waals surface area contributed by atoms with E-state index in [4.69, 9.17) is 4.67 Å². The zero-order valence-electron chi connectivity index (χ0n) is 20.1. The molecule has 182 valence electrons. The standard InChI is InChI=1S/C25H30F3N5O/c1-15-14-32(10-11-33(15)21-13-29-20(12-30-21)24(4,5)34)23-17(3)16(2)22(31-23)18-6-8-19(9-7-18)25(26,27)28/h6-9,12,15,34H,10-11,13-14H2,1-5H3/t15-/m1/s1. The van der Waals surface area contributed by atoms with Gasteiger partial charge in [-0.25, -0.2) is 14.6 Å². The van der Waals surface area contributed by atoms with Crippen LogP contribution in [0, 0.1) is 0 Å². The van der Waals surface area contributed by atoms with Gasteiger partial charge < -0.3 is 15.3 Å². The second kappa shape index (κ2) is 8.64.